The molecule has 0 aromatic heterocycles. The average molecular weight is 300 g/mol. The Hall–Kier alpha value is -2.41. The standard InChI is InChI=1S/C22H20O/c1-2-19(23)10-4-8-17-14-18-9-3-6-15-12-13-16-7-5-11-20(17)22(16)21(15)18/h3,5-7,9,11-14H,2,4,8,10H2,1H3. The molecular weight excluding hydrogens is 280 g/mol. The minimum absolute atomic E-state index is 0.363. The third-order valence-electron chi connectivity index (χ3n) is 4.89. The van der Waals surface area contributed by atoms with Crippen LogP contribution in [0.4, 0.5) is 0 Å². The van der Waals surface area contributed by atoms with Crippen LogP contribution in [0.2, 0.25) is 0 Å². The summed E-state index contributed by atoms with van der Waals surface area (Å²) in [5.74, 6) is 0.363. The van der Waals surface area contributed by atoms with Gasteiger partial charge in [-0.25, -0.2) is 0 Å². The van der Waals surface area contributed by atoms with Gasteiger partial charge >= 0.3 is 0 Å². The summed E-state index contributed by atoms with van der Waals surface area (Å²) in [5, 5.41) is 8.00. The summed E-state index contributed by atoms with van der Waals surface area (Å²) in [6.45, 7) is 1.94. The van der Waals surface area contributed by atoms with E-state index in [0.29, 0.717) is 18.6 Å². The lowest BCUT2D eigenvalue weighted by Gasteiger charge is -2.14. The first kappa shape index (κ1) is 14.2. The van der Waals surface area contributed by atoms with E-state index in [4.69, 9.17) is 0 Å². The van der Waals surface area contributed by atoms with Crippen LogP contribution in [0.1, 0.15) is 31.7 Å². The van der Waals surface area contributed by atoms with Crippen LogP contribution in [0.25, 0.3) is 32.3 Å². The summed E-state index contributed by atoms with van der Waals surface area (Å²) in [5.41, 5.74) is 1.37. The number of hydrogen-bond acceptors (Lipinski definition) is 1. The predicted octanol–water partition coefficient (Wildman–Crippen LogP) is 5.89. The van der Waals surface area contributed by atoms with E-state index >= 15 is 0 Å². The lowest BCUT2D eigenvalue weighted by Crippen LogP contribution is -1.97. The molecule has 23 heavy (non-hydrogen) atoms. The maximum Gasteiger partial charge on any atom is 0.132 e. The molecule has 114 valence electrons. The maximum atomic E-state index is 11.6. The normalized spacial score (nSPS) is 11.7. The molecule has 0 saturated heterocycles. The van der Waals surface area contributed by atoms with Crippen molar-refractivity contribution in [2.75, 3.05) is 0 Å². The SMILES string of the molecule is CCC(=O)CCCc1cc2cccc3ccc4cccc1c4c32. The molecule has 0 spiro atoms. The number of carbonyl (C=O) groups is 1. The molecule has 0 aliphatic carbocycles. The fraction of sp³-hybridized carbons (Fsp3) is 0.227. The van der Waals surface area contributed by atoms with E-state index < -0.39 is 0 Å². The number of aryl methyl sites for hydroxylation is 1. The van der Waals surface area contributed by atoms with Crippen LogP contribution in [0, 0.1) is 0 Å². The van der Waals surface area contributed by atoms with E-state index in [-0.39, 0.29) is 0 Å². The predicted molar refractivity (Wildman–Crippen MR) is 98.4 cm³/mol. The molecule has 0 bridgehead atoms. The van der Waals surface area contributed by atoms with Gasteiger partial charge in [0.15, 0.2) is 0 Å². The van der Waals surface area contributed by atoms with Gasteiger partial charge in [-0.3, -0.25) is 4.79 Å². The van der Waals surface area contributed by atoms with Gasteiger partial charge in [0.1, 0.15) is 5.78 Å². The van der Waals surface area contributed by atoms with Crippen molar-refractivity contribution in [1.29, 1.82) is 0 Å². The zero-order valence-electron chi connectivity index (χ0n) is 13.4. The van der Waals surface area contributed by atoms with Crippen LogP contribution in [0.3, 0.4) is 0 Å². The zero-order valence-corrected chi connectivity index (χ0v) is 13.4. The number of hydrogen-bond donors (Lipinski definition) is 0. The lowest BCUT2D eigenvalue weighted by atomic mass is 9.90. The fourth-order valence-electron chi connectivity index (χ4n) is 3.70. The van der Waals surface area contributed by atoms with Crippen molar-refractivity contribution >= 4 is 38.1 Å². The molecule has 0 fully saturated rings. The van der Waals surface area contributed by atoms with E-state index in [0.717, 1.165) is 12.8 Å². The zero-order chi connectivity index (χ0) is 15.8. The first-order chi connectivity index (χ1) is 11.3. The van der Waals surface area contributed by atoms with E-state index in [1.807, 2.05) is 6.92 Å². The maximum absolute atomic E-state index is 11.6. The highest BCUT2D eigenvalue weighted by molar-refractivity contribution is 6.23. The minimum atomic E-state index is 0.363. The first-order valence-electron chi connectivity index (χ1n) is 8.45. The van der Waals surface area contributed by atoms with Crippen LogP contribution < -0.4 is 0 Å². The quantitative estimate of drug-likeness (QED) is 0.420. The molecule has 4 aromatic carbocycles. The second-order valence-electron chi connectivity index (χ2n) is 6.33. The largest absolute Gasteiger partial charge is 0.300 e. The first-order valence-corrected chi connectivity index (χ1v) is 8.45. The molecule has 0 unspecified atom stereocenters. The number of rotatable bonds is 5. The highest BCUT2D eigenvalue weighted by Gasteiger charge is 2.11. The third kappa shape index (κ3) is 2.37. The van der Waals surface area contributed by atoms with Gasteiger partial charge in [-0.2, -0.15) is 0 Å². The van der Waals surface area contributed by atoms with Crippen molar-refractivity contribution in [1.82, 2.24) is 0 Å². The van der Waals surface area contributed by atoms with Gasteiger partial charge in [0.2, 0.25) is 0 Å². The van der Waals surface area contributed by atoms with Crippen molar-refractivity contribution in [2.45, 2.75) is 32.6 Å². The Labute approximate surface area is 136 Å². The van der Waals surface area contributed by atoms with Crippen molar-refractivity contribution < 1.29 is 4.79 Å². The summed E-state index contributed by atoms with van der Waals surface area (Å²) in [7, 11) is 0. The molecule has 0 heterocycles. The summed E-state index contributed by atoms with van der Waals surface area (Å²) in [6, 6.07) is 19.8. The smallest absolute Gasteiger partial charge is 0.132 e. The number of carbonyl (C=O) groups excluding carboxylic acids is 1. The van der Waals surface area contributed by atoms with E-state index in [1.165, 1.54) is 37.9 Å². The minimum Gasteiger partial charge on any atom is -0.300 e. The highest BCUT2D eigenvalue weighted by Crippen LogP contribution is 2.36. The Bertz CT molecular complexity index is 997. The summed E-state index contributed by atoms with van der Waals surface area (Å²) >= 11 is 0. The number of ketones is 1. The van der Waals surface area contributed by atoms with Crippen LogP contribution >= 0.6 is 0 Å². The van der Waals surface area contributed by atoms with Gasteiger partial charge in [0.25, 0.3) is 0 Å². The highest BCUT2D eigenvalue weighted by atomic mass is 16.1. The lowest BCUT2D eigenvalue weighted by molar-refractivity contribution is -0.118. The molecule has 1 nitrogen and oxygen atoms in total. The fourth-order valence-corrected chi connectivity index (χ4v) is 3.70. The molecule has 0 amide bonds. The number of benzene rings is 4. The average Bonchev–Trinajstić information content (AvgIpc) is 2.60. The van der Waals surface area contributed by atoms with E-state index in [9.17, 15) is 4.79 Å². The van der Waals surface area contributed by atoms with E-state index in [1.54, 1.807) is 0 Å². The van der Waals surface area contributed by atoms with Gasteiger partial charge in [0, 0.05) is 12.8 Å². The molecule has 4 rings (SSSR count). The Kier molecular flexibility index (Phi) is 3.49. The second-order valence-corrected chi connectivity index (χ2v) is 6.33. The second kappa shape index (κ2) is 5.66. The Morgan fingerprint density at radius 3 is 2.35 bits per heavy atom. The molecule has 0 aliphatic heterocycles. The monoisotopic (exact) mass is 300 g/mol. The van der Waals surface area contributed by atoms with Gasteiger partial charge in [-0.15, -0.1) is 0 Å². The van der Waals surface area contributed by atoms with Gasteiger partial charge in [-0.1, -0.05) is 61.5 Å². The Morgan fingerprint density at radius 2 is 1.57 bits per heavy atom. The molecule has 4 aromatic rings. The molecular formula is C22H20O. The summed E-state index contributed by atoms with van der Waals surface area (Å²) < 4.78 is 0. The van der Waals surface area contributed by atoms with Gasteiger partial charge in [0.05, 0.1) is 0 Å². The van der Waals surface area contributed by atoms with Crippen molar-refractivity contribution in [3.05, 3.63) is 60.2 Å². The topological polar surface area (TPSA) is 17.1 Å². The summed E-state index contributed by atoms with van der Waals surface area (Å²) in [6.07, 6.45) is 3.25. The molecule has 0 saturated carbocycles. The molecule has 0 atom stereocenters. The van der Waals surface area contributed by atoms with Crippen LogP contribution in [0.5, 0.6) is 0 Å². The van der Waals surface area contributed by atoms with Crippen molar-refractivity contribution in [2.24, 2.45) is 0 Å². The van der Waals surface area contributed by atoms with Gasteiger partial charge in [-0.05, 0) is 50.7 Å². The Balaban J connectivity index is 1.88. The Morgan fingerprint density at radius 1 is 0.870 bits per heavy atom. The van der Waals surface area contributed by atoms with Crippen LogP contribution in [-0.4, -0.2) is 5.78 Å². The third-order valence-corrected chi connectivity index (χ3v) is 4.89. The van der Waals surface area contributed by atoms with Gasteiger partial charge < -0.3 is 0 Å². The van der Waals surface area contributed by atoms with E-state index in [2.05, 4.69) is 54.6 Å². The molecule has 0 N–H and O–H groups in total. The van der Waals surface area contributed by atoms with Crippen LogP contribution in [0.15, 0.2) is 54.6 Å². The summed E-state index contributed by atoms with van der Waals surface area (Å²) in [4.78, 5) is 11.6. The van der Waals surface area contributed by atoms with Crippen molar-refractivity contribution in [3.8, 4) is 0 Å². The molecule has 0 aliphatic rings. The number of Topliss-reactive ketones (excluding diaryl/α,β-unsaturated/α-hetero) is 1. The molecule has 0 radical (unpaired) electrons. The van der Waals surface area contributed by atoms with Crippen LogP contribution in [-0.2, 0) is 11.2 Å². The van der Waals surface area contributed by atoms with Crippen molar-refractivity contribution in [3.63, 3.8) is 0 Å². The molecule has 1 heteroatoms.